The summed E-state index contributed by atoms with van der Waals surface area (Å²) in [6.07, 6.45) is -0.117. The molecule has 0 aliphatic heterocycles. The topological polar surface area (TPSA) is 74.6 Å². The molecule has 1 aliphatic carbocycles. The van der Waals surface area contributed by atoms with E-state index in [-0.39, 0.29) is 18.7 Å². The standard InChI is InChI=1S/C13H10F2N4O/c14-13(15)5-9(13)7-20-10-3-1-2-8(4-10)12-11(6-16)17-19-18-12/h1-4,9H,5,7H2,(H,17,18,19). The van der Waals surface area contributed by atoms with E-state index < -0.39 is 11.8 Å². The molecule has 1 aromatic carbocycles. The van der Waals surface area contributed by atoms with Gasteiger partial charge in [0.2, 0.25) is 0 Å². The molecule has 0 spiro atoms. The highest BCUT2D eigenvalue weighted by molar-refractivity contribution is 5.65. The van der Waals surface area contributed by atoms with Gasteiger partial charge >= 0.3 is 0 Å². The second kappa shape index (κ2) is 4.56. The fourth-order valence-corrected chi connectivity index (χ4v) is 1.89. The van der Waals surface area contributed by atoms with Gasteiger partial charge in [0.15, 0.2) is 5.69 Å². The van der Waals surface area contributed by atoms with Gasteiger partial charge in [-0.1, -0.05) is 12.1 Å². The zero-order valence-corrected chi connectivity index (χ0v) is 10.3. The fraction of sp³-hybridized carbons (Fsp3) is 0.308. The summed E-state index contributed by atoms with van der Waals surface area (Å²) in [5, 5.41) is 18.9. The Hall–Kier alpha value is -2.49. The number of hydrogen-bond donors (Lipinski definition) is 1. The molecule has 1 fully saturated rings. The number of nitrogens with zero attached hydrogens (tertiary/aromatic N) is 3. The largest absolute Gasteiger partial charge is 0.493 e. The van der Waals surface area contributed by atoms with Gasteiger partial charge in [-0.05, 0) is 12.1 Å². The van der Waals surface area contributed by atoms with Crippen molar-refractivity contribution in [2.45, 2.75) is 12.3 Å². The molecule has 3 rings (SSSR count). The van der Waals surface area contributed by atoms with Gasteiger partial charge in [-0.15, -0.1) is 5.10 Å². The van der Waals surface area contributed by atoms with Crippen LogP contribution < -0.4 is 4.74 Å². The van der Waals surface area contributed by atoms with Gasteiger partial charge in [-0.2, -0.15) is 15.6 Å². The number of hydrogen-bond acceptors (Lipinski definition) is 4. The molecule has 0 amide bonds. The van der Waals surface area contributed by atoms with Crippen LogP contribution in [0, 0.1) is 17.2 Å². The Morgan fingerprint density at radius 1 is 1.45 bits per heavy atom. The van der Waals surface area contributed by atoms with Gasteiger partial charge in [-0.25, -0.2) is 8.78 Å². The van der Waals surface area contributed by atoms with Crippen molar-refractivity contribution in [3.8, 4) is 23.1 Å². The minimum Gasteiger partial charge on any atom is -0.493 e. The van der Waals surface area contributed by atoms with E-state index in [9.17, 15) is 8.78 Å². The van der Waals surface area contributed by atoms with E-state index in [1.165, 1.54) is 0 Å². The second-order valence-corrected chi connectivity index (χ2v) is 4.63. The predicted octanol–water partition coefficient (Wildman–Crippen LogP) is 2.38. The smallest absolute Gasteiger partial charge is 0.255 e. The quantitative estimate of drug-likeness (QED) is 0.930. The highest BCUT2D eigenvalue weighted by atomic mass is 19.3. The van der Waals surface area contributed by atoms with Crippen LogP contribution >= 0.6 is 0 Å². The number of H-pyrrole nitrogens is 1. The van der Waals surface area contributed by atoms with Crippen LogP contribution in [0.5, 0.6) is 5.75 Å². The summed E-state index contributed by atoms with van der Waals surface area (Å²) in [4.78, 5) is 0. The first-order valence-electron chi connectivity index (χ1n) is 6.02. The van der Waals surface area contributed by atoms with Crippen molar-refractivity contribution in [3.63, 3.8) is 0 Å². The lowest BCUT2D eigenvalue weighted by atomic mass is 10.1. The SMILES string of the molecule is N#Cc1n[nH]nc1-c1cccc(OCC2CC2(F)F)c1. The lowest BCUT2D eigenvalue weighted by Gasteiger charge is -2.06. The summed E-state index contributed by atoms with van der Waals surface area (Å²) in [6, 6.07) is 8.71. The molecule has 1 atom stereocenters. The van der Waals surface area contributed by atoms with Crippen molar-refractivity contribution in [3.05, 3.63) is 30.0 Å². The van der Waals surface area contributed by atoms with Crippen molar-refractivity contribution in [1.82, 2.24) is 15.4 Å². The first-order chi connectivity index (χ1) is 9.60. The third-order valence-corrected chi connectivity index (χ3v) is 3.17. The molecule has 102 valence electrons. The predicted molar refractivity (Wildman–Crippen MR) is 65.1 cm³/mol. The molecular formula is C13H10F2N4O. The Bertz CT molecular complexity index is 677. The molecule has 20 heavy (non-hydrogen) atoms. The van der Waals surface area contributed by atoms with E-state index in [2.05, 4.69) is 15.4 Å². The molecule has 2 aromatic rings. The maximum Gasteiger partial charge on any atom is 0.255 e. The van der Waals surface area contributed by atoms with Crippen LogP contribution in [-0.4, -0.2) is 27.9 Å². The lowest BCUT2D eigenvalue weighted by molar-refractivity contribution is 0.0856. The zero-order valence-electron chi connectivity index (χ0n) is 10.3. The monoisotopic (exact) mass is 276 g/mol. The summed E-state index contributed by atoms with van der Waals surface area (Å²) in [7, 11) is 0. The van der Waals surface area contributed by atoms with Crippen LogP contribution in [0.3, 0.4) is 0 Å². The van der Waals surface area contributed by atoms with Crippen LogP contribution in [-0.2, 0) is 0 Å². The molecule has 0 radical (unpaired) electrons. The van der Waals surface area contributed by atoms with E-state index >= 15 is 0 Å². The molecular weight excluding hydrogens is 266 g/mol. The Kier molecular flexibility index (Phi) is 2.86. The molecule has 1 N–H and O–H groups in total. The summed E-state index contributed by atoms with van der Waals surface area (Å²) in [6.45, 7) is -0.0135. The summed E-state index contributed by atoms with van der Waals surface area (Å²) < 4.78 is 30.9. The minimum atomic E-state index is -2.59. The number of benzene rings is 1. The van der Waals surface area contributed by atoms with E-state index in [0.717, 1.165) is 0 Å². The van der Waals surface area contributed by atoms with E-state index in [0.29, 0.717) is 17.0 Å². The minimum absolute atomic E-state index is 0.0135. The third-order valence-electron chi connectivity index (χ3n) is 3.17. The van der Waals surface area contributed by atoms with Crippen LogP contribution in [0.15, 0.2) is 24.3 Å². The molecule has 5 nitrogen and oxygen atoms in total. The van der Waals surface area contributed by atoms with Gasteiger partial charge in [0.05, 0.1) is 12.5 Å². The van der Waals surface area contributed by atoms with Crippen LogP contribution in [0.2, 0.25) is 0 Å². The molecule has 0 bridgehead atoms. The first-order valence-corrected chi connectivity index (χ1v) is 6.02. The van der Waals surface area contributed by atoms with Gasteiger partial charge in [0.1, 0.15) is 17.5 Å². The maximum atomic E-state index is 12.8. The number of halogens is 2. The first kappa shape index (κ1) is 12.5. The maximum absolute atomic E-state index is 12.8. The summed E-state index contributed by atoms with van der Waals surface area (Å²) in [5.74, 6) is -2.82. The highest BCUT2D eigenvalue weighted by Crippen LogP contribution is 2.48. The fourth-order valence-electron chi connectivity index (χ4n) is 1.89. The van der Waals surface area contributed by atoms with Crippen molar-refractivity contribution in [2.24, 2.45) is 5.92 Å². The Morgan fingerprint density at radius 2 is 2.25 bits per heavy atom. The number of nitriles is 1. The summed E-state index contributed by atoms with van der Waals surface area (Å²) >= 11 is 0. The average molecular weight is 276 g/mol. The van der Waals surface area contributed by atoms with Crippen LogP contribution in [0.4, 0.5) is 8.78 Å². The van der Waals surface area contributed by atoms with Gasteiger partial charge < -0.3 is 4.74 Å². The summed E-state index contributed by atoms with van der Waals surface area (Å²) in [5.41, 5.74) is 1.24. The van der Waals surface area contributed by atoms with Gasteiger partial charge in [0, 0.05) is 12.0 Å². The van der Waals surface area contributed by atoms with Crippen molar-refractivity contribution in [1.29, 1.82) is 5.26 Å². The van der Waals surface area contributed by atoms with E-state index in [1.54, 1.807) is 24.3 Å². The Labute approximate surface area is 113 Å². The normalized spacial score (nSPS) is 19.4. The van der Waals surface area contributed by atoms with E-state index in [1.807, 2.05) is 6.07 Å². The van der Waals surface area contributed by atoms with Crippen molar-refractivity contribution < 1.29 is 13.5 Å². The molecule has 1 saturated carbocycles. The molecule has 1 aliphatic rings. The molecule has 0 saturated heterocycles. The molecule has 1 unspecified atom stereocenters. The van der Waals surface area contributed by atoms with Crippen LogP contribution in [0.1, 0.15) is 12.1 Å². The zero-order chi connectivity index (χ0) is 14.2. The number of ether oxygens (including phenoxy) is 1. The van der Waals surface area contributed by atoms with E-state index in [4.69, 9.17) is 10.00 Å². The number of rotatable bonds is 4. The number of aromatic amines is 1. The molecule has 1 heterocycles. The van der Waals surface area contributed by atoms with Crippen LogP contribution in [0.25, 0.3) is 11.3 Å². The lowest BCUT2D eigenvalue weighted by Crippen LogP contribution is -2.05. The number of aromatic nitrogens is 3. The number of alkyl halides is 2. The number of nitrogens with one attached hydrogen (secondary N) is 1. The van der Waals surface area contributed by atoms with Crippen molar-refractivity contribution in [2.75, 3.05) is 6.61 Å². The van der Waals surface area contributed by atoms with Crippen molar-refractivity contribution >= 4 is 0 Å². The van der Waals surface area contributed by atoms with Gasteiger partial charge in [-0.3, -0.25) is 0 Å². The van der Waals surface area contributed by atoms with Gasteiger partial charge in [0.25, 0.3) is 5.92 Å². The third kappa shape index (κ3) is 2.32. The average Bonchev–Trinajstić information content (AvgIpc) is 2.88. The molecule has 1 aromatic heterocycles. The second-order valence-electron chi connectivity index (χ2n) is 4.63. The highest BCUT2D eigenvalue weighted by Gasteiger charge is 2.57. The Morgan fingerprint density at radius 3 is 2.95 bits per heavy atom. The molecule has 7 heteroatoms. The Balaban J connectivity index is 1.75.